The first-order valence-electron chi connectivity index (χ1n) is 5.17. The van der Waals surface area contributed by atoms with Crippen molar-refractivity contribution in [2.75, 3.05) is 0 Å². The van der Waals surface area contributed by atoms with E-state index in [1.54, 1.807) is 0 Å². The van der Waals surface area contributed by atoms with Crippen molar-refractivity contribution in [3.05, 3.63) is 56.9 Å². The number of carbonyl (C=O) groups is 1. The number of carboxylic acids is 1. The summed E-state index contributed by atoms with van der Waals surface area (Å²) in [5.74, 6) is -1.12. The van der Waals surface area contributed by atoms with Crippen molar-refractivity contribution in [2.24, 2.45) is 0 Å². The molecule has 1 N–H and O–H groups in total. The smallest absolute Gasteiger partial charge is 0.356 e. The first-order valence-corrected chi connectivity index (χ1v) is 5.55. The van der Waals surface area contributed by atoms with E-state index in [2.05, 4.69) is 5.10 Å². The normalized spacial score (nSPS) is 10.4. The predicted octanol–water partition coefficient (Wildman–Crippen LogP) is 2.19. The lowest BCUT2D eigenvalue weighted by atomic mass is 10.2. The number of rotatable bonds is 4. The third-order valence-corrected chi connectivity index (χ3v) is 2.79. The largest absolute Gasteiger partial charge is 0.476 e. The van der Waals surface area contributed by atoms with Crippen molar-refractivity contribution >= 4 is 23.3 Å². The van der Waals surface area contributed by atoms with E-state index in [0.29, 0.717) is 5.56 Å². The number of benzene rings is 1. The first-order chi connectivity index (χ1) is 8.97. The van der Waals surface area contributed by atoms with Crippen molar-refractivity contribution in [3.63, 3.8) is 0 Å². The number of aromatic nitrogens is 2. The van der Waals surface area contributed by atoms with Crippen LogP contribution in [0, 0.1) is 10.1 Å². The van der Waals surface area contributed by atoms with Crippen LogP contribution in [-0.2, 0) is 6.54 Å². The number of halogens is 1. The fourth-order valence-corrected chi connectivity index (χ4v) is 1.75. The van der Waals surface area contributed by atoms with Gasteiger partial charge in [0.15, 0.2) is 5.69 Å². The lowest BCUT2D eigenvalue weighted by Crippen LogP contribution is -2.04. The van der Waals surface area contributed by atoms with E-state index in [9.17, 15) is 14.9 Å². The van der Waals surface area contributed by atoms with Gasteiger partial charge in [-0.1, -0.05) is 11.6 Å². The Hall–Kier alpha value is -2.41. The zero-order valence-electron chi connectivity index (χ0n) is 9.49. The Morgan fingerprint density at radius 2 is 2.21 bits per heavy atom. The zero-order valence-corrected chi connectivity index (χ0v) is 10.2. The molecule has 0 saturated carbocycles. The van der Waals surface area contributed by atoms with Gasteiger partial charge in [0.2, 0.25) is 0 Å². The van der Waals surface area contributed by atoms with E-state index in [4.69, 9.17) is 16.7 Å². The third kappa shape index (κ3) is 2.89. The Morgan fingerprint density at radius 1 is 1.47 bits per heavy atom. The number of carboxylic acid groups (broad SMARTS) is 1. The Kier molecular flexibility index (Phi) is 3.48. The van der Waals surface area contributed by atoms with Gasteiger partial charge in [-0.2, -0.15) is 5.10 Å². The molecule has 0 fully saturated rings. The summed E-state index contributed by atoms with van der Waals surface area (Å²) < 4.78 is 1.40. The number of nitrogens with zero attached hydrogens (tertiary/aromatic N) is 3. The molecule has 0 amide bonds. The molecule has 0 radical (unpaired) electrons. The second-order valence-electron chi connectivity index (χ2n) is 3.74. The fraction of sp³-hybridized carbons (Fsp3) is 0.0909. The summed E-state index contributed by atoms with van der Waals surface area (Å²) >= 11 is 5.93. The van der Waals surface area contributed by atoms with E-state index in [-0.39, 0.29) is 22.9 Å². The Bertz CT molecular complexity index is 653. The summed E-state index contributed by atoms with van der Waals surface area (Å²) in [6.45, 7) is 0.240. The van der Waals surface area contributed by atoms with E-state index in [1.807, 2.05) is 0 Å². The highest BCUT2D eigenvalue weighted by molar-refractivity contribution is 6.31. The minimum atomic E-state index is -1.12. The number of hydrogen-bond donors (Lipinski definition) is 1. The maximum atomic E-state index is 10.7. The molecule has 8 heteroatoms. The van der Waals surface area contributed by atoms with Crippen LogP contribution in [0.4, 0.5) is 5.69 Å². The van der Waals surface area contributed by atoms with Gasteiger partial charge in [-0.3, -0.25) is 14.8 Å². The van der Waals surface area contributed by atoms with Crippen molar-refractivity contribution < 1.29 is 14.8 Å². The van der Waals surface area contributed by atoms with Crippen molar-refractivity contribution in [1.82, 2.24) is 9.78 Å². The quantitative estimate of drug-likeness (QED) is 0.684. The monoisotopic (exact) mass is 281 g/mol. The molecule has 0 spiro atoms. The molecule has 0 atom stereocenters. The number of aromatic carboxylic acids is 1. The summed E-state index contributed by atoms with van der Waals surface area (Å²) in [4.78, 5) is 20.7. The van der Waals surface area contributed by atoms with E-state index >= 15 is 0 Å². The molecule has 0 aliphatic heterocycles. The third-order valence-electron chi connectivity index (χ3n) is 2.44. The minimum Gasteiger partial charge on any atom is -0.476 e. The van der Waals surface area contributed by atoms with Gasteiger partial charge in [0.1, 0.15) is 0 Å². The molecule has 0 bridgehead atoms. The van der Waals surface area contributed by atoms with Crippen LogP contribution in [0.25, 0.3) is 0 Å². The number of non-ortho nitro benzene ring substituents is 1. The molecular formula is C11H8ClN3O4. The summed E-state index contributed by atoms with van der Waals surface area (Å²) in [7, 11) is 0. The van der Waals surface area contributed by atoms with Crippen LogP contribution >= 0.6 is 11.6 Å². The predicted molar refractivity (Wildman–Crippen MR) is 66.4 cm³/mol. The van der Waals surface area contributed by atoms with Gasteiger partial charge in [-0.25, -0.2) is 4.79 Å². The van der Waals surface area contributed by atoms with Gasteiger partial charge in [-0.15, -0.1) is 0 Å². The van der Waals surface area contributed by atoms with Crippen LogP contribution in [0.5, 0.6) is 0 Å². The lowest BCUT2D eigenvalue weighted by molar-refractivity contribution is -0.384. The second kappa shape index (κ2) is 5.07. The maximum absolute atomic E-state index is 10.7. The second-order valence-corrected chi connectivity index (χ2v) is 4.14. The van der Waals surface area contributed by atoms with Crippen LogP contribution < -0.4 is 0 Å². The minimum absolute atomic E-state index is 0.0713. The van der Waals surface area contributed by atoms with Crippen LogP contribution in [0.2, 0.25) is 5.02 Å². The van der Waals surface area contributed by atoms with Crippen LogP contribution in [0.3, 0.4) is 0 Å². The number of nitro groups is 1. The van der Waals surface area contributed by atoms with E-state index in [1.165, 1.54) is 35.1 Å². The highest BCUT2D eigenvalue weighted by Crippen LogP contribution is 2.23. The average Bonchev–Trinajstić information content (AvgIpc) is 2.80. The zero-order chi connectivity index (χ0) is 14.0. The van der Waals surface area contributed by atoms with Crippen molar-refractivity contribution in [1.29, 1.82) is 0 Å². The summed E-state index contributed by atoms with van der Waals surface area (Å²) in [5.41, 5.74) is 0.450. The molecule has 0 saturated heterocycles. The van der Waals surface area contributed by atoms with Gasteiger partial charge in [-0.05, 0) is 17.7 Å². The van der Waals surface area contributed by atoms with Crippen molar-refractivity contribution in [3.8, 4) is 0 Å². The van der Waals surface area contributed by atoms with Crippen LogP contribution in [0.15, 0.2) is 30.5 Å². The highest BCUT2D eigenvalue weighted by Gasteiger charge is 2.11. The molecule has 0 unspecified atom stereocenters. The van der Waals surface area contributed by atoms with Crippen LogP contribution in [0.1, 0.15) is 16.1 Å². The van der Waals surface area contributed by atoms with Crippen molar-refractivity contribution in [2.45, 2.75) is 6.54 Å². The van der Waals surface area contributed by atoms with Gasteiger partial charge in [0.25, 0.3) is 5.69 Å². The standard InChI is InChI=1S/C11H8ClN3O4/c12-9-5-8(15(18)19)2-1-7(9)6-14-4-3-10(13-14)11(16)17/h1-5H,6H2,(H,16,17). The highest BCUT2D eigenvalue weighted by atomic mass is 35.5. The Labute approximate surface area is 112 Å². The Morgan fingerprint density at radius 3 is 2.74 bits per heavy atom. The molecule has 1 heterocycles. The maximum Gasteiger partial charge on any atom is 0.356 e. The average molecular weight is 282 g/mol. The summed E-state index contributed by atoms with van der Waals surface area (Å²) in [6.07, 6.45) is 1.50. The SMILES string of the molecule is O=C(O)c1ccn(Cc2ccc([N+](=O)[O-])cc2Cl)n1. The fourth-order valence-electron chi connectivity index (χ4n) is 1.52. The molecule has 0 aliphatic carbocycles. The van der Waals surface area contributed by atoms with Gasteiger partial charge >= 0.3 is 5.97 Å². The molecule has 19 heavy (non-hydrogen) atoms. The topological polar surface area (TPSA) is 98.3 Å². The number of nitro benzene ring substituents is 1. The molecular weight excluding hydrogens is 274 g/mol. The van der Waals surface area contributed by atoms with E-state index < -0.39 is 10.9 Å². The molecule has 2 aromatic rings. The van der Waals surface area contributed by atoms with Gasteiger partial charge < -0.3 is 5.11 Å². The lowest BCUT2D eigenvalue weighted by Gasteiger charge is -2.04. The van der Waals surface area contributed by atoms with Gasteiger partial charge in [0, 0.05) is 18.3 Å². The first kappa shape index (κ1) is 13.0. The summed E-state index contributed by atoms with van der Waals surface area (Å²) in [6, 6.07) is 5.46. The Balaban J connectivity index is 2.23. The number of hydrogen-bond acceptors (Lipinski definition) is 4. The molecule has 7 nitrogen and oxygen atoms in total. The van der Waals surface area contributed by atoms with Crippen LogP contribution in [-0.4, -0.2) is 25.8 Å². The van der Waals surface area contributed by atoms with E-state index in [0.717, 1.165) is 0 Å². The molecule has 0 aliphatic rings. The molecule has 1 aromatic carbocycles. The molecule has 2 rings (SSSR count). The summed E-state index contributed by atoms with van der Waals surface area (Å²) in [5, 5.41) is 23.4. The van der Waals surface area contributed by atoms with Gasteiger partial charge in [0.05, 0.1) is 16.5 Å². The molecule has 98 valence electrons. The molecule has 1 aromatic heterocycles.